The van der Waals surface area contributed by atoms with Crippen LogP contribution in [0.3, 0.4) is 0 Å². The third-order valence-electron chi connectivity index (χ3n) is 6.34. The molecule has 7 heteroatoms. The van der Waals surface area contributed by atoms with E-state index in [1.165, 1.54) is 6.42 Å². The van der Waals surface area contributed by atoms with Crippen LogP contribution < -0.4 is 10.9 Å². The van der Waals surface area contributed by atoms with Gasteiger partial charge < -0.3 is 10.1 Å². The van der Waals surface area contributed by atoms with Crippen LogP contribution in [0, 0.1) is 5.92 Å². The van der Waals surface area contributed by atoms with Gasteiger partial charge in [0.25, 0.3) is 11.5 Å². The normalized spacial score (nSPS) is 21.5. The van der Waals surface area contributed by atoms with Crippen LogP contribution in [-0.2, 0) is 22.5 Å². The number of carbonyl (C=O) groups excluding carboxylic acids is 2. The molecule has 4 rings (SSSR count). The molecule has 0 saturated heterocycles. The number of rotatable bonds is 4. The summed E-state index contributed by atoms with van der Waals surface area (Å²) in [6.45, 7) is 2.53. The van der Waals surface area contributed by atoms with E-state index in [0.29, 0.717) is 28.9 Å². The van der Waals surface area contributed by atoms with Gasteiger partial charge >= 0.3 is 5.97 Å². The van der Waals surface area contributed by atoms with Gasteiger partial charge in [-0.25, -0.2) is 9.78 Å². The molecule has 2 heterocycles. The van der Waals surface area contributed by atoms with Crippen LogP contribution in [-0.4, -0.2) is 34.1 Å². The molecular weight excluding hydrogens is 382 g/mol. The van der Waals surface area contributed by atoms with Gasteiger partial charge in [-0.1, -0.05) is 26.2 Å². The first-order chi connectivity index (χ1) is 14.5. The summed E-state index contributed by atoms with van der Waals surface area (Å²) in [6.07, 6.45) is 8.22. The topological polar surface area (TPSA) is 90.3 Å². The highest BCUT2D eigenvalue weighted by Gasteiger charge is 2.23. The molecule has 0 radical (unpaired) electrons. The molecule has 0 unspecified atom stereocenters. The Morgan fingerprint density at radius 2 is 2.00 bits per heavy atom. The third kappa shape index (κ3) is 4.40. The molecule has 160 valence electrons. The fourth-order valence-electron chi connectivity index (χ4n) is 4.54. The minimum Gasteiger partial charge on any atom is -0.452 e. The predicted molar refractivity (Wildman–Crippen MR) is 113 cm³/mol. The molecule has 1 N–H and O–H groups in total. The van der Waals surface area contributed by atoms with Crippen molar-refractivity contribution >= 4 is 22.8 Å². The smallest absolute Gasteiger partial charge is 0.338 e. The van der Waals surface area contributed by atoms with Crippen molar-refractivity contribution in [1.29, 1.82) is 0 Å². The fraction of sp³-hybridized carbons (Fsp3) is 0.565. The van der Waals surface area contributed by atoms with Crippen molar-refractivity contribution in [2.24, 2.45) is 5.92 Å². The second-order valence-electron chi connectivity index (χ2n) is 8.54. The minimum atomic E-state index is -0.583. The minimum absolute atomic E-state index is 0.0576. The quantitative estimate of drug-likeness (QED) is 0.781. The summed E-state index contributed by atoms with van der Waals surface area (Å²) in [5.41, 5.74) is 0.743. The van der Waals surface area contributed by atoms with Crippen molar-refractivity contribution in [2.45, 2.75) is 70.9 Å². The predicted octanol–water partition coefficient (Wildman–Crippen LogP) is 2.97. The van der Waals surface area contributed by atoms with E-state index in [2.05, 4.69) is 17.2 Å². The second kappa shape index (κ2) is 8.98. The zero-order chi connectivity index (χ0) is 21.1. The van der Waals surface area contributed by atoms with Crippen LogP contribution in [0.4, 0.5) is 0 Å². The summed E-state index contributed by atoms with van der Waals surface area (Å²) in [5, 5.41) is 3.48. The van der Waals surface area contributed by atoms with Gasteiger partial charge in [0, 0.05) is 19.0 Å². The lowest BCUT2D eigenvalue weighted by atomic mass is 9.86. The van der Waals surface area contributed by atoms with Crippen LogP contribution in [0.25, 0.3) is 10.9 Å². The van der Waals surface area contributed by atoms with E-state index in [-0.39, 0.29) is 24.1 Å². The molecule has 1 aromatic heterocycles. The van der Waals surface area contributed by atoms with Crippen LogP contribution >= 0.6 is 0 Å². The molecule has 0 bridgehead atoms. The number of esters is 1. The summed E-state index contributed by atoms with van der Waals surface area (Å²) in [4.78, 5) is 42.1. The Morgan fingerprint density at radius 1 is 1.17 bits per heavy atom. The maximum absolute atomic E-state index is 12.8. The maximum Gasteiger partial charge on any atom is 0.338 e. The maximum atomic E-state index is 12.8. The lowest BCUT2D eigenvalue weighted by Crippen LogP contribution is -2.42. The highest BCUT2D eigenvalue weighted by molar-refractivity contribution is 5.95. The Hall–Kier alpha value is -2.70. The van der Waals surface area contributed by atoms with Crippen LogP contribution in [0.15, 0.2) is 23.0 Å². The zero-order valence-corrected chi connectivity index (χ0v) is 17.5. The zero-order valence-electron chi connectivity index (χ0n) is 17.5. The molecule has 2 aliphatic rings. The molecule has 1 fully saturated rings. The Balaban J connectivity index is 1.44. The van der Waals surface area contributed by atoms with Crippen molar-refractivity contribution < 1.29 is 14.3 Å². The number of hydrogen-bond donors (Lipinski definition) is 1. The molecule has 1 aliphatic carbocycles. The van der Waals surface area contributed by atoms with Gasteiger partial charge in [-0.05, 0) is 49.8 Å². The number of benzene rings is 1. The van der Waals surface area contributed by atoms with E-state index < -0.39 is 5.97 Å². The number of carbonyl (C=O) groups is 2. The first-order valence-corrected chi connectivity index (χ1v) is 11.0. The van der Waals surface area contributed by atoms with Gasteiger partial charge in [-0.15, -0.1) is 0 Å². The number of fused-ring (bicyclic) bond motifs is 2. The van der Waals surface area contributed by atoms with E-state index in [4.69, 9.17) is 4.74 Å². The molecule has 30 heavy (non-hydrogen) atoms. The molecule has 1 aromatic carbocycles. The van der Waals surface area contributed by atoms with Gasteiger partial charge in [0.15, 0.2) is 6.61 Å². The van der Waals surface area contributed by atoms with E-state index in [1.807, 2.05) is 0 Å². The molecule has 1 aliphatic heterocycles. The summed E-state index contributed by atoms with van der Waals surface area (Å²) in [6, 6.07) is 4.94. The molecule has 7 nitrogen and oxygen atoms in total. The molecule has 2 atom stereocenters. The number of hydrogen-bond acceptors (Lipinski definition) is 5. The van der Waals surface area contributed by atoms with Crippen molar-refractivity contribution in [3.8, 4) is 0 Å². The van der Waals surface area contributed by atoms with E-state index in [0.717, 1.165) is 50.8 Å². The van der Waals surface area contributed by atoms with Gasteiger partial charge in [-0.2, -0.15) is 0 Å². The Kier molecular flexibility index (Phi) is 6.16. The highest BCUT2D eigenvalue weighted by atomic mass is 16.5. The van der Waals surface area contributed by atoms with Gasteiger partial charge in [0.05, 0.1) is 16.5 Å². The van der Waals surface area contributed by atoms with Crippen LogP contribution in [0.5, 0.6) is 0 Å². The van der Waals surface area contributed by atoms with Crippen LogP contribution in [0.1, 0.15) is 68.1 Å². The molecule has 1 amide bonds. The van der Waals surface area contributed by atoms with Gasteiger partial charge in [0.2, 0.25) is 0 Å². The van der Waals surface area contributed by atoms with Gasteiger partial charge in [0.1, 0.15) is 5.82 Å². The average molecular weight is 412 g/mol. The van der Waals surface area contributed by atoms with Crippen molar-refractivity contribution in [3.63, 3.8) is 0 Å². The third-order valence-corrected chi connectivity index (χ3v) is 6.34. The lowest BCUT2D eigenvalue weighted by Gasteiger charge is -2.29. The largest absolute Gasteiger partial charge is 0.452 e. The first-order valence-electron chi connectivity index (χ1n) is 11.0. The number of nitrogens with zero attached hydrogens (tertiary/aromatic N) is 2. The monoisotopic (exact) mass is 411 g/mol. The first kappa shape index (κ1) is 20.6. The SMILES string of the molecule is C[C@H]1CCCC[C@@H]1NC(=O)COC(=O)c1ccc2c(=O)n3c(nc2c1)CCCCC3. The van der Waals surface area contributed by atoms with E-state index >= 15 is 0 Å². The van der Waals surface area contributed by atoms with Crippen molar-refractivity contribution in [1.82, 2.24) is 14.9 Å². The molecular formula is C23H29N3O4. The summed E-state index contributed by atoms with van der Waals surface area (Å²) in [5.74, 6) is 0.362. The Labute approximate surface area is 175 Å². The summed E-state index contributed by atoms with van der Waals surface area (Å²) >= 11 is 0. The molecule has 2 aromatic rings. The summed E-state index contributed by atoms with van der Waals surface area (Å²) in [7, 11) is 0. The fourth-order valence-corrected chi connectivity index (χ4v) is 4.54. The molecule has 1 saturated carbocycles. The number of nitrogens with one attached hydrogen (secondary N) is 1. The van der Waals surface area contributed by atoms with Gasteiger partial charge in [-0.3, -0.25) is 14.2 Å². The number of ether oxygens (including phenoxy) is 1. The second-order valence-corrected chi connectivity index (χ2v) is 8.54. The number of aromatic nitrogens is 2. The van der Waals surface area contributed by atoms with Crippen LogP contribution in [0.2, 0.25) is 0 Å². The number of amides is 1. The Morgan fingerprint density at radius 3 is 2.83 bits per heavy atom. The highest BCUT2D eigenvalue weighted by Crippen LogP contribution is 2.23. The van der Waals surface area contributed by atoms with Crippen molar-refractivity contribution in [2.75, 3.05) is 6.61 Å². The lowest BCUT2D eigenvalue weighted by molar-refractivity contribution is -0.125. The van der Waals surface area contributed by atoms with E-state index in [1.54, 1.807) is 22.8 Å². The summed E-state index contributed by atoms with van der Waals surface area (Å²) < 4.78 is 6.97. The average Bonchev–Trinajstić information content (AvgIpc) is 2.99. The number of aryl methyl sites for hydroxylation is 1. The van der Waals surface area contributed by atoms with E-state index in [9.17, 15) is 14.4 Å². The molecule has 0 spiro atoms. The standard InChI is InChI=1S/C23H29N3O4/c1-15-7-4-5-8-18(15)25-21(27)14-30-23(29)16-10-11-17-19(13-16)24-20-9-3-2-6-12-26(20)22(17)28/h10-11,13,15,18H,2-9,12,14H2,1H3,(H,25,27)/t15-,18-/m0/s1. The van der Waals surface area contributed by atoms with Crippen molar-refractivity contribution in [3.05, 3.63) is 39.9 Å². The Bertz CT molecular complexity index is 1010.